The number of cyclic esters (lactones) is 1. The van der Waals surface area contributed by atoms with Crippen LogP contribution in [-0.2, 0) is 35.1 Å². The van der Waals surface area contributed by atoms with E-state index in [1.54, 1.807) is 7.11 Å². The number of aromatic nitrogens is 3. The molecule has 5 aliphatic rings. The van der Waals surface area contributed by atoms with Crippen molar-refractivity contribution in [1.29, 1.82) is 0 Å². The molecule has 1 aromatic carbocycles. The van der Waals surface area contributed by atoms with E-state index in [9.17, 15) is 9.59 Å². The highest BCUT2D eigenvalue weighted by Gasteiger charge is 2.48. The molecule has 1 amide bonds. The molecule has 0 saturated carbocycles. The van der Waals surface area contributed by atoms with Crippen LogP contribution in [0.2, 0.25) is 0 Å². The zero-order chi connectivity index (χ0) is 39.6. The lowest BCUT2D eigenvalue weighted by atomic mass is 9.67. The summed E-state index contributed by atoms with van der Waals surface area (Å²) in [7, 11) is 1.76. The van der Waals surface area contributed by atoms with Crippen LogP contribution in [0.25, 0.3) is 33.4 Å². The quantitative estimate of drug-likeness (QED) is 0.232. The number of amides is 1. The van der Waals surface area contributed by atoms with Crippen LogP contribution in [0, 0.1) is 5.41 Å². The summed E-state index contributed by atoms with van der Waals surface area (Å²) in [5.41, 5.74) is 17.7. The van der Waals surface area contributed by atoms with E-state index in [0.717, 1.165) is 84.8 Å². The fourth-order valence-electron chi connectivity index (χ4n) is 9.93. The van der Waals surface area contributed by atoms with Crippen LogP contribution < -0.4 is 11.2 Å². The number of carbonyl (C=O) groups is 2. The molecule has 7 heterocycles. The molecule has 1 aliphatic carbocycles. The third-order valence-electron chi connectivity index (χ3n) is 13.1. The minimum Gasteiger partial charge on any atom is -0.464 e. The summed E-state index contributed by atoms with van der Waals surface area (Å²) < 4.78 is 26.8. The predicted octanol–water partition coefficient (Wildman–Crippen LogP) is 5.69. The minimum atomic E-state index is -1.02. The molecule has 5 atom stereocenters. The van der Waals surface area contributed by atoms with Crippen molar-refractivity contribution in [2.75, 3.05) is 53.2 Å². The average molecular weight is 798 g/mol. The van der Waals surface area contributed by atoms with Gasteiger partial charge in [-0.2, -0.15) is 0 Å². The normalized spacial score (nSPS) is 27.2. The number of ether oxygens (including phenoxy) is 4. The second kappa shape index (κ2) is 15.4. The van der Waals surface area contributed by atoms with Crippen molar-refractivity contribution in [2.24, 2.45) is 11.1 Å². The first-order valence-electron chi connectivity index (χ1n) is 20.7. The van der Waals surface area contributed by atoms with Gasteiger partial charge in [0.15, 0.2) is 0 Å². The number of aryl methyl sites for hydroxylation is 1. The fourth-order valence-corrected chi connectivity index (χ4v) is 10.8. The number of piperidine rings is 1. The van der Waals surface area contributed by atoms with Crippen LogP contribution in [0.4, 0.5) is 0 Å². The number of esters is 1. The third-order valence-corrected chi connectivity index (χ3v) is 14.0. The maximum Gasteiger partial charge on any atom is 0.324 e. The van der Waals surface area contributed by atoms with Crippen molar-refractivity contribution in [2.45, 2.75) is 102 Å². The first-order valence-corrected chi connectivity index (χ1v) is 21.6. The molecule has 4 aromatic rings. The Morgan fingerprint density at radius 1 is 1.07 bits per heavy atom. The van der Waals surface area contributed by atoms with Crippen molar-refractivity contribution in [3.63, 3.8) is 0 Å². The van der Waals surface area contributed by atoms with Gasteiger partial charge >= 0.3 is 5.97 Å². The van der Waals surface area contributed by atoms with Crippen LogP contribution in [0.5, 0.6) is 0 Å². The molecule has 1 unspecified atom stereocenters. The largest absolute Gasteiger partial charge is 0.464 e. The Morgan fingerprint density at radius 2 is 1.88 bits per heavy atom. The van der Waals surface area contributed by atoms with E-state index < -0.39 is 35.7 Å². The Morgan fingerprint density at radius 3 is 2.60 bits per heavy atom. The molecule has 14 heteroatoms. The van der Waals surface area contributed by atoms with E-state index in [2.05, 4.69) is 66.1 Å². The molecule has 6 bridgehead atoms. The van der Waals surface area contributed by atoms with E-state index >= 15 is 0 Å². The molecule has 3 N–H and O–H groups in total. The van der Waals surface area contributed by atoms with E-state index in [1.807, 2.05) is 12.3 Å². The molecule has 3 fully saturated rings. The summed E-state index contributed by atoms with van der Waals surface area (Å²) in [4.78, 5) is 40.6. The first kappa shape index (κ1) is 38.7. The number of thiazole rings is 1. The third kappa shape index (κ3) is 6.70. The molecule has 0 spiro atoms. The van der Waals surface area contributed by atoms with Gasteiger partial charge in [0, 0.05) is 71.7 Å². The molecular weight excluding hydrogens is 743 g/mol. The number of rotatable bonds is 6. The Labute approximate surface area is 338 Å². The molecule has 13 nitrogen and oxygen atoms in total. The molecule has 3 saturated heterocycles. The second-order valence-electron chi connectivity index (χ2n) is 17.0. The number of hydrogen-bond acceptors (Lipinski definition) is 12. The van der Waals surface area contributed by atoms with Crippen LogP contribution in [0.1, 0.15) is 99.3 Å². The number of nitrogens with two attached hydrogens (primary N) is 1. The highest BCUT2D eigenvalue weighted by atomic mass is 32.1. The Hall–Kier alpha value is -3.76. The molecule has 0 radical (unpaired) electrons. The first-order chi connectivity index (χ1) is 27.6. The van der Waals surface area contributed by atoms with Crippen molar-refractivity contribution < 1.29 is 28.5 Å². The van der Waals surface area contributed by atoms with Gasteiger partial charge < -0.3 is 29.2 Å². The zero-order valence-electron chi connectivity index (χ0n) is 33.7. The number of likely N-dealkylation sites (tertiary alicyclic amines) is 1. The maximum atomic E-state index is 13.9. The molecule has 57 heavy (non-hydrogen) atoms. The van der Waals surface area contributed by atoms with Gasteiger partial charge in [0.1, 0.15) is 29.3 Å². The fraction of sp³-hybridized carbons (Fsp3) is 0.581. The van der Waals surface area contributed by atoms with Gasteiger partial charge in [-0.15, -0.1) is 11.3 Å². The van der Waals surface area contributed by atoms with Crippen LogP contribution in [-0.4, -0.2) is 108 Å². The molecule has 304 valence electrons. The number of carbonyl (C=O) groups excluding carboxylic acids is 2. The summed E-state index contributed by atoms with van der Waals surface area (Å²) in [6.07, 6.45) is 4.27. The van der Waals surface area contributed by atoms with Crippen molar-refractivity contribution in [3.05, 3.63) is 57.7 Å². The molecular formula is C43H55N7O6S. The summed E-state index contributed by atoms with van der Waals surface area (Å²) in [6.45, 7) is 13.9. The van der Waals surface area contributed by atoms with Gasteiger partial charge in [0.05, 0.1) is 42.9 Å². The number of benzene rings is 1. The lowest BCUT2D eigenvalue weighted by Crippen LogP contribution is -2.60. The number of pyridine rings is 1. The van der Waals surface area contributed by atoms with Gasteiger partial charge in [0.25, 0.3) is 5.91 Å². The monoisotopic (exact) mass is 797 g/mol. The summed E-state index contributed by atoms with van der Waals surface area (Å²) in [6, 6.07) is 7.79. The number of nitrogens with one attached hydrogen (secondary N) is 1. The lowest BCUT2D eigenvalue weighted by molar-refractivity contribution is -0.156. The summed E-state index contributed by atoms with van der Waals surface area (Å²) in [5.74, 6) is -0.554. The van der Waals surface area contributed by atoms with Gasteiger partial charge in [-0.3, -0.25) is 24.5 Å². The van der Waals surface area contributed by atoms with E-state index in [-0.39, 0.29) is 18.4 Å². The predicted molar refractivity (Wildman–Crippen MR) is 218 cm³/mol. The number of hydrazine groups is 1. The van der Waals surface area contributed by atoms with Gasteiger partial charge in [-0.05, 0) is 87.9 Å². The number of fused-ring (bicyclic) bond motifs is 8. The Kier molecular flexibility index (Phi) is 10.5. The maximum absolute atomic E-state index is 13.9. The molecule has 3 aromatic heterocycles. The topological polar surface area (TPSA) is 146 Å². The van der Waals surface area contributed by atoms with Crippen LogP contribution in [0.3, 0.4) is 0 Å². The van der Waals surface area contributed by atoms with Gasteiger partial charge in [0.2, 0.25) is 0 Å². The average Bonchev–Trinajstić information content (AvgIpc) is 3.83. The van der Waals surface area contributed by atoms with Crippen molar-refractivity contribution >= 4 is 34.1 Å². The van der Waals surface area contributed by atoms with Crippen LogP contribution in [0.15, 0.2) is 35.8 Å². The Bertz CT molecular complexity index is 2160. The van der Waals surface area contributed by atoms with Crippen molar-refractivity contribution in [3.8, 4) is 22.5 Å². The SMILES string of the molecule is CCO[C@@H]1c2nc(cs2)-c2ccc3c(c2)c2c(n3CC)-c3cc(C4CCN(C5COC5)CC4)cnc3[C@@H](OC)C2C(C)(C)COC(=O)[C@@H]2CCCN(N2)C(=O)[C@H]1N. The number of methoxy groups -OCH3 is 1. The summed E-state index contributed by atoms with van der Waals surface area (Å²) >= 11 is 1.44. The van der Waals surface area contributed by atoms with Crippen LogP contribution >= 0.6 is 11.3 Å². The van der Waals surface area contributed by atoms with Crippen molar-refractivity contribution in [1.82, 2.24) is 29.9 Å². The zero-order valence-corrected chi connectivity index (χ0v) is 34.5. The summed E-state index contributed by atoms with van der Waals surface area (Å²) in [5, 5.41) is 5.22. The van der Waals surface area contributed by atoms with E-state index in [1.165, 1.54) is 27.5 Å². The number of hydrogen-bond donors (Lipinski definition) is 2. The molecule has 4 aliphatic heterocycles. The molecule has 9 rings (SSSR count). The second-order valence-corrected chi connectivity index (χ2v) is 17.8. The lowest BCUT2D eigenvalue weighted by Gasteiger charge is -2.43. The number of nitrogens with zero attached hydrogens (tertiary/aromatic N) is 5. The standard InChI is InChI=1S/C43H55N7O6S/c1-6-49-32-11-10-25-17-28(32)33-34(38(53-5)36-29(37(33)49)18-26(19-45-36)24-12-15-48(16-13-24)27-20-54-21-27)43(3,4)23-56-42(52)30-9-8-14-50(47-30)41(51)35(44)39(55-7-2)40-46-31(25)22-57-40/h10-11,17-19,22,24,27,30,34-35,38-39,47H,6-9,12-16,20-21,23,44H2,1-5H3/t30-,34?,35-,38-,39-/m0/s1. The highest BCUT2D eigenvalue weighted by Crippen LogP contribution is 2.57. The Balaban J connectivity index is 1.20. The van der Waals surface area contributed by atoms with Gasteiger partial charge in [-0.1, -0.05) is 19.9 Å². The van der Waals surface area contributed by atoms with Gasteiger partial charge in [-0.25, -0.2) is 10.4 Å². The smallest absolute Gasteiger partial charge is 0.324 e. The van der Waals surface area contributed by atoms with E-state index in [4.69, 9.17) is 34.6 Å². The van der Waals surface area contributed by atoms with E-state index in [0.29, 0.717) is 43.0 Å². The highest BCUT2D eigenvalue weighted by molar-refractivity contribution is 7.10. The minimum absolute atomic E-state index is 0.139.